The van der Waals surface area contributed by atoms with Crippen molar-refractivity contribution < 1.29 is 13.9 Å². The minimum Gasteiger partial charge on any atom is -0.480 e. The van der Waals surface area contributed by atoms with E-state index in [-0.39, 0.29) is 11.7 Å². The predicted molar refractivity (Wildman–Crippen MR) is 77.5 cm³/mol. The smallest absolute Gasteiger partial charge is 0.261 e. The molecule has 2 aliphatic rings. The monoisotopic (exact) mass is 292 g/mol. The number of nitrogens with one attached hydrogen (secondary N) is 2. The standard InChI is InChI=1S/C16H21FN2O2/c17-12-4-7-14(11(9-12)10-19-13-5-6-13)21-15-3-1-2-8-18-16(15)20/h4,7,9,13,15,19H,1-3,5-6,8,10H2,(H,18,20). The molecule has 2 fully saturated rings. The van der Waals surface area contributed by atoms with E-state index in [1.807, 2.05) is 0 Å². The molecule has 1 saturated heterocycles. The van der Waals surface area contributed by atoms with E-state index in [0.717, 1.165) is 18.4 Å². The Morgan fingerprint density at radius 2 is 2.14 bits per heavy atom. The first-order valence-corrected chi connectivity index (χ1v) is 7.68. The van der Waals surface area contributed by atoms with E-state index in [2.05, 4.69) is 10.6 Å². The van der Waals surface area contributed by atoms with Crippen LogP contribution in [0, 0.1) is 5.82 Å². The number of ether oxygens (including phenoxy) is 1. The van der Waals surface area contributed by atoms with Crippen molar-refractivity contribution in [2.45, 2.75) is 50.8 Å². The van der Waals surface area contributed by atoms with Crippen molar-refractivity contribution in [3.05, 3.63) is 29.6 Å². The second kappa shape index (κ2) is 6.43. The molecule has 1 unspecified atom stereocenters. The maximum Gasteiger partial charge on any atom is 0.261 e. The summed E-state index contributed by atoms with van der Waals surface area (Å²) in [6.45, 7) is 1.28. The summed E-state index contributed by atoms with van der Waals surface area (Å²) in [4.78, 5) is 11.9. The number of hydrogen-bond acceptors (Lipinski definition) is 3. The van der Waals surface area contributed by atoms with Crippen molar-refractivity contribution in [1.82, 2.24) is 10.6 Å². The lowest BCUT2D eigenvalue weighted by atomic mass is 10.1. The van der Waals surface area contributed by atoms with Gasteiger partial charge >= 0.3 is 0 Å². The molecule has 4 nitrogen and oxygen atoms in total. The molecule has 0 radical (unpaired) electrons. The maximum atomic E-state index is 13.4. The summed E-state index contributed by atoms with van der Waals surface area (Å²) in [6, 6.07) is 5.03. The van der Waals surface area contributed by atoms with Crippen LogP contribution in [0.15, 0.2) is 18.2 Å². The summed E-state index contributed by atoms with van der Waals surface area (Å²) in [5.74, 6) is 0.254. The zero-order valence-corrected chi connectivity index (χ0v) is 12.0. The van der Waals surface area contributed by atoms with E-state index in [9.17, 15) is 9.18 Å². The summed E-state index contributed by atoms with van der Waals surface area (Å²) in [5.41, 5.74) is 0.777. The molecule has 0 aromatic heterocycles. The van der Waals surface area contributed by atoms with Crippen LogP contribution in [0.2, 0.25) is 0 Å². The summed E-state index contributed by atoms with van der Waals surface area (Å²) < 4.78 is 19.3. The number of halogens is 1. The fourth-order valence-electron chi connectivity index (χ4n) is 2.52. The van der Waals surface area contributed by atoms with E-state index in [4.69, 9.17) is 4.74 Å². The maximum absolute atomic E-state index is 13.4. The van der Waals surface area contributed by atoms with Crippen LogP contribution < -0.4 is 15.4 Å². The third-order valence-corrected chi connectivity index (χ3v) is 3.94. The summed E-state index contributed by atoms with van der Waals surface area (Å²) in [5, 5.41) is 6.21. The van der Waals surface area contributed by atoms with E-state index in [1.54, 1.807) is 6.07 Å². The van der Waals surface area contributed by atoms with Crippen molar-refractivity contribution in [2.24, 2.45) is 0 Å². The molecule has 1 saturated carbocycles. The molecule has 2 N–H and O–H groups in total. The molecule has 1 aliphatic heterocycles. The normalized spacial score (nSPS) is 22.5. The molecule has 1 aromatic carbocycles. The first kappa shape index (κ1) is 14.3. The third-order valence-electron chi connectivity index (χ3n) is 3.94. The Morgan fingerprint density at radius 3 is 2.95 bits per heavy atom. The molecule has 1 aliphatic carbocycles. The highest BCUT2D eigenvalue weighted by Crippen LogP contribution is 2.25. The number of benzene rings is 1. The Balaban J connectivity index is 1.71. The first-order valence-electron chi connectivity index (χ1n) is 7.68. The van der Waals surface area contributed by atoms with Gasteiger partial charge in [0.1, 0.15) is 11.6 Å². The first-order chi connectivity index (χ1) is 10.2. The van der Waals surface area contributed by atoms with Gasteiger partial charge in [0.05, 0.1) is 0 Å². The number of carbonyl (C=O) groups excluding carboxylic acids is 1. The van der Waals surface area contributed by atoms with Crippen molar-refractivity contribution in [1.29, 1.82) is 0 Å². The average Bonchev–Trinajstić information content (AvgIpc) is 3.29. The second-order valence-corrected chi connectivity index (χ2v) is 5.80. The second-order valence-electron chi connectivity index (χ2n) is 5.80. The molecular weight excluding hydrogens is 271 g/mol. The van der Waals surface area contributed by atoms with E-state index >= 15 is 0 Å². The molecule has 114 valence electrons. The van der Waals surface area contributed by atoms with E-state index in [0.29, 0.717) is 31.3 Å². The fourth-order valence-corrected chi connectivity index (χ4v) is 2.52. The number of carbonyl (C=O) groups is 1. The van der Waals surface area contributed by atoms with Crippen molar-refractivity contribution in [3.63, 3.8) is 0 Å². The highest BCUT2D eigenvalue weighted by Gasteiger charge is 2.24. The van der Waals surface area contributed by atoms with Gasteiger partial charge in [-0.25, -0.2) is 4.39 Å². The SMILES string of the molecule is O=C1NCCCCC1Oc1ccc(F)cc1CNC1CC1. The van der Waals surface area contributed by atoms with Gasteiger partial charge in [0.15, 0.2) is 6.10 Å². The van der Waals surface area contributed by atoms with Crippen LogP contribution in [0.3, 0.4) is 0 Å². The Labute approximate surface area is 124 Å². The third kappa shape index (κ3) is 3.94. The summed E-state index contributed by atoms with van der Waals surface area (Å²) in [7, 11) is 0. The zero-order valence-electron chi connectivity index (χ0n) is 12.0. The van der Waals surface area contributed by atoms with Gasteiger partial charge in [0.25, 0.3) is 5.91 Å². The molecule has 21 heavy (non-hydrogen) atoms. The minimum atomic E-state index is -0.474. The number of hydrogen-bond donors (Lipinski definition) is 2. The van der Waals surface area contributed by atoms with Gasteiger partial charge in [-0.1, -0.05) is 0 Å². The van der Waals surface area contributed by atoms with Crippen molar-refractivity contribution in [3.8, 4) is 5.75 Å². The zero-order chi connectivity index (χ0) is 14.7. The minimum absolute atomic E-state index is 0.0714. The van der Waals surface area contributed by atoms with E-state index in [1.165, 1.54) is 25.0 Å². The van der Waals surface area contributed by atoms with Gasteiger partial charge in [-0.05, 0) is 50.3 Å². The van der Waals surface area contributed by atoms with Gasteiger partial charge in [-0.15, -0.1) is 0 Å². The largest absolute Gasteiger partial charge is 0.480 e. The summed E-state index contributed by atoms with van der Waals surface area (Å²) in [6.07, 6.45) is 4.52. The highest BCUT2D eigenvalue weighted by molar-refractivity contribution is 5.81. The van der Waals surface area contributed by atoms with Crippen LogP contribution in [0.4, 0.5) is 4.39 Å². The molecule has 1 aromatic rings. The van der Waals surface area contributed by atoms with Gasteiger partial charge in [0, 0.05) is 24.7 Å². The lowest BCUT2D eigenvalue weighted by Crippen LogP contribution is -2.36. The molecule has 5 heteroatoms. The van der Waals surface area contributed by atoms with Crippen LogP contribution in [0.1, 0.15) is 37.7 Å². The van der Waals surface area contributed by atoms with E-state index < -0.39 is 6.10 Å². The lowest BCUT2D eigenvalue weighted by Gasteiger charge is -2.18. The van der Waals surface area contributed by atoms with Gasteiger partial charge < -0.3 is 15.4 Å². The van der Waals surface area contributed by atoms with Crippen LogP contribution in [0.25, 0.3) is 0 Å². The molecule has 1 amide bonds. The number of amides is 1. The van der Waals surface area contributed by atoms with Crippen LogP contribution in [-0.4, -0.2) is 24.6 Å². The molecule has 1 heterocycles. The van der Waals surface area contributed by atoms with Crippen molar-refractivity contribution in [2.75, 3.05) is 6.54 Å². The molecular formula is C16H21FN2O2. The topological polar surface area (TPSA) is 50.4 Å². The molecule has 3 rings (SSSR count). The van der Waals surface area contributed by atoms with Gasteiger partial charge in [-0.3, -0.25) is 4.79 Å². The highest BCUT2D eigenvalue weighted by atomic mass is 19.1. The average molecular weight is 292 g/mol. The van der Waals surface area contributed by atoms with Crippen LogP contribution in [0.5, 0.6) is 5.75 Å². The predicted octanol–water partition coefficient (Wildman–Crippen LogP) is 2.13. The Kier molecular flexibility index (Phi) is 4.39. The van der Waals surface area contributed by atoms with Crippen LogP contribution >= 0.6 is 0 Å². The quantitative estimate of drug-likeness (QED) is 0.874. The molecule has 0 bridgehead atoms. The van der Waals surface area contributed by atoms with Crippen LogP contribution in [-0.2, 0) is 11.3 Å². The fraction of sp³-hybridized carbons (Fsp3) is 0.562. The summed E-state index contributed by atoms with van der Waals surface area (Å²) >= 11 is 0. The molecule has 1 atom stereocenters. The molecule has 0 spiro atoms. The van der Waals surface area contributed by atoms with Crippen molar-refractivity contribution >= 4 is 5.91 Å². The van der Waals surface area contributed by atoms with Gasteiger partial charge in [-0.2, -0.15) is 0 Å². The number of rotatable bonds is 5. The Morgan fingerprint density at radius 1 is 1.29 bits per heavy atom. The lowest BCUT2D eigenvalue weighted by molar-refractivity contribution is -0.127. The van der Waals surface area contributed by atoms with Gasteiger partial charge in [0.2, 0.25) is 0 Å². The Bertz CT molecular complexity index is 517. The Hall–Kier alpha value is -1.62.